The van der Waals surface area contributed by atoms with Gasteiger partial charge in [-0.3, -0.25) is 0 Å². The van der Waals surface area contributed by atoms with Crippen LogP contribution in [0.1, 0.15) is 20.3 Å². The molecule has 0 aliphatic carbocycles. The van der Waals surface area contributed by atoms with Crippen LogP contribution < -0.4 is 0 Å². The molecule has 0 rings (SSSR count). The number of halogens is 15. The summed E-state index contributed by atoms with van der Waals surface area (Å²) in [6.45, 7) is 6.10. The van der Waals surface area contributed by atoms with Gasteiger partial charge in [0.15, 0.2) is 0 Å². The maximum atomic E-state index is 13.9. The molecule has 17 heteroatoms. The van der Waals surface area contributed by atoms with Crippen LogP contribution in [0.2, 0.25) is 19.1 Å². The van der Waals surface area contributed by atoms with E-state index in [4.69, 9.17) is 0 Å². The second-order valence-corrected chi connectivity index (χ2v) is 12.3. The third-order valence-electron chi connectivity index (χ3n) is 5.06. The summed E-state index contributed by atoms with van der Waals surface area (Å²) in [4.78, 5) is 0. The van der Waals surface area contributed by atoms with Gasteiger partial charge in [-0.1, -0.05) is 26.9 Å². The van der Waals surface area contributed by atoms with Gasteiger partial charge in [-0.2, -0.15) is 65.9 Å². The van der Waals surface area contributed by atoms with E-state index in [0.717, 1.165) is 0 Å². The molecule has 0 aliphatic heterocycles. The second kappa shape index (κ2) is 8.72. The zero-order valence-electron chi connectivity index (χ0n) is 16.9. The molecule has 0 aliphatic rings. The number of rotatable bonds is 11. The average molecular weight is 527 g/mol. The van der Waals surface area contributed by atoms with Gasteiger partial charge in [0.1, 0.15) is 8.24 Å². The van der Waals surface area contributed by atoms with Crippen LogP contribution in [0.3, 0.4) is 0 Å². The minimum atomic E-state index is -8.22. The van der Waals surface area contributed by atoms with E-state index in [9.17, 15) is 65.9 Å². The summed E-state index contributed by atoms with van der Waals surface area (Å²) in [7, 11) is -3.05. The van der Waals surface area contributed by atoms with Gasteiger partial charge in [0, 0.05) is 6.42 Å². The van der Waals surface area contributed by atoms with Gasteiger partial charge in [-0.05, 0) is 19.1 Å². The summed E-state index contributed by atoms with van der Waals surface area (Å²) in [5, 5.41) is 0. The smallest absolute Gasteiger partial charge is 0.324 e. The number of hydrogen-bond donors (Lipinski definition) is 0. The molecule has 0 saturated carbocycles. The predicted molar refractivity (Wildman–Crippen MR) is 85.6 cm³/mol. The Kier molecular flexibility index (Phi) is 8.49. The minimum Gasteiger partial charge on any atom is -0.324 e. The molecule has 0 amide bonds. The van der Waals surface area contributed by atoms with E-state index in [0.29, 0.717) is 0 Å². The summed E-state index contributed by atoms with van der Waals surface area (Å²) < 4.78 is 199. The molecule has 0 spiro atoms. The maximum absolute atomic E-state index is 13.9. The molecule has 0 radical (unpaired) electrons. The Hall–Kier alpha value is -0.873. The lowest BCUT2D eigenvalue weighted by Gasteiger charge is -2.42. The van der Waals surface area contributed by atoms with Crippen molar-refractivity contribution in [1.82, 2.24) is 4.57 Å². The SMILES string of the molecule is CCN(CC)[Si](C)(C)CCC(F)(F)C(F)(F)C(F)(F)C(F)(F)C(F)(F)C(F)(F)C(F)(F)F. The molecule has 0 saturated heterocycles. The largest absolute Gasteiger partial charge is 0.460 e. The molecule has 0 fully saturated rings. The van der Waals surface area contributed by atoms with Gasteiger partial charge in [-0.25, -0.2) is 0 Å². The molecular weight excluding hydrogens is 507 g/mol. The fraction of sp³-hybridized carbons (Fsp3) is 1.00. The monoisotopic (exact) mass is 527 g/mol. The van der Waals surface area contributed by atoms with Crippen LogP contribution in [0.15, 0.2) is 0 Å². The van der Waals surface area contributed by atoms with E-state index in [-0.39, 0.29) is 13.1 Å². The van der Waals surface area contributed by atoms with Crippen LogP contribution in [-0.4, -0.2) is 67.6 Å². The number of hydrogen-bond acceptors (Lipinski definition) is 1. The van der Waals surface area contributed by atoms with E-state index < -0.39 is 62.4 Å². The van der Waals surface area contributed by atoms with Crippen molar-refractivity contribution in [2.45, 2.75) is 81.1 Å². The van der Waals surface area contributed by atoms with Crippen LogP contribution in [0.5, 0.6) is 0 Å². The van der Waals surface area contributed by atoms with Crippen LogP contribution in [-0.2, 0) is 0 Å². The molecule has 0 bridgehead atoms. The van der Waals surface area contributed by atoms with E-state index in [2.05, 4.69) is 0 Å². The Morgan fingerprint density at radius 2 is 0.844 bits per heavy atom. The highest BCUT2D eigenvalue weighted by Crippen LogP contribution is 2.62. The first-order valence-corrected chi connectivity index (χ1v) is 12.0. The summed E-state index contributed by atoms with van der Waals surface area (Å²) in [5.74, 6) is -45.9. The second-order valence-electron chi connectivity index (χ2n) is 7.56. The van der Waals surface area contributed by atoms with Crippen LogP contribution in [0, 0.1) is 0 Å². The quantitative estimate of drug-likeness (QED) is 0.201. The number of alkyl halides is 15. The maximum Gasteiger partial charge on any atom is 0.460 e. The molecule has 0 heterocycles. The molecule has 0 N–H and O–H groups in total. The number of nitrogens with zero attached hydrogens (tertiary/aromatic N) is 1. The van der Waals surface area contributed by atoms with Gasteiger partial charge in [-0.15, -0.1) is 0 Å². The van der Waals surface area contributed by atoms with Gasteiger partial charge in [0.05, 0.1) is 0 Å². The van der Waals surface area contributed by atoms with Crippen LogP contribution in [0.25, 0.3) is 0 Å². The highest BCUT2D eigenvalue weighted by atomic mass is 28.3. The molecule has 0 atom stereocenters. The van der Waals surface area contributed by atoms with Crippen molar-refractivity contribution in [2.75, 3.05) is 13.1 Å². The van der Waals surface area contributed by atoms with Crippen molar-refractivity contribution in [1.29, 1.82) is 0 Å². The molecule has 32 heavy (non-hydrogen) atoms. The van der Waals surface area contributed by atoms with Gasteiger partial charge < -0.3 is 4.57 Å². The Balaban J connectivity index is 6.26. The van der Waals surface area contributed by atoms with Crippen LogP contribution in [0.4, 0.5) is 65.9 Å². The van der Waals surface area contributed by atoms with Gasteiger partial charge >= 0.3 is 41.7 Å². The first-order valence-electron chi connectivity index (χ1n) is 8.81. The zero-order chi connectivity index (χ0) is 26.4. The van der Waals surface area contributed by atoms with Crippen LogP contribution >= 0.6 is 0 Å². The molecule has 0 unspecified atom stereocenters. The fourth-order valence-electron chi connectivity index (χ4n) is 2.86. The van der Waals surface area contributed by atoms with E-state index in [1.54, 1.807) is 0 Å². The Morgan fingerprint density at radius 3 is 1.16 bits per heavy atom. The van der Waals surface area contributed by atoms with E-state index in [1.807, 2.05) is 0 Å². The highest BCUT2D eigenvalue weighted by molar-refractivity contribution is 6.74. The van der Waals surface area contributed by atoms with Crippen molar-refractivity contribution in [3.05, 3.63) is 0 Å². The normalized spacial score (nSPS) is 16.1. The molecule has 0 aromatic rings. The Morgan fingerprint density at radius 1 is 0.531 bits per heavy atom. The third-order valence-corrected chi connectivity index (χ3v) is 8.88. The van der Waals surface area contributed by atoms with Crippen molar-refractivity contribution in [3.8, 4) is 0 Å². The Bertz CT molecular complexity index is 637. The van der Waals surface area contributed by atoms with Gasteiger partial charge in [0.25, 0.3) is 0 Å². The van der Waals surface area contributed by atoms with Crippen molar-refractivity contribution >= 4 is 8.24 Å². The first-order chi connectivity index (χ1) is 13.7. The molecular formula is C15H20F15NSi. The van der Waals surface area contributed by atoms with Crippen molar-refractivity contribution in [3.63, 3.8) is 0 Å². The summed E-state index contributed by atoms with van der Waals surface area (Å²) >= 11 is 0. The third kappa shape index (κ3) is 4.69. The lowest BCUT2D eigenvalue weighted by Crippen LogP contribution is -2.72. The molecule has 194 valence electrons. The summed E-state index contributed by atoms with van der Waals surface area (Å²) in [6, 6.07) is -0.950. The fourth-order valence-corrected chi connectivity index (χ4v) is 5.81. The summed E-state index contributed by atoms with van der Waals surface area (Å²) in [6.07, 6.45) is -9.84. The topological polar surface area (TPSA) is 3.24 Å². The van der Waals surface area contributed by atoms with Gasteiger partial charge in [0.2, 0.25) is 0 Å². The lowest BCUT2D eigenvalue weighted by molar-refractivity contribution is -0.452. The average Bonchev–Trinajstić information content (AvgIpc) is 2.59. The summed E-state index contributed by atoms with van der Waals surface area (Å²) in [5.41, 5.74) is 0. The highest BCUT2D eigenvalue weighted by Gasteiger charge is 2.93. The molecule has 0 aromatic heterocycles. The molecule has 1 nitrogen and oxygen atoms in total. The van der Waals surface area contributed by atoms with Crippen molar-refractivity contribution < 1.29 is 65.9 Å². The van der Waals surface area contributed by atoms with E-state index >= 15 is 0 Å². The zero-order valence-corrected chi connectivity index (χ0v) is 17.9. The first kappa shape index (κ1) is 31.1. The lowest BCUT2D eigenvalue weighted by atomic mass is 9.90. The standard InChI is InChI=1S/C15H20F15NSi/c1-5-31(6-2)32(3,4)8-7-9(16,17)10(18,19)11(20,21)12(22,23)13(24,25)14(26,27)15(28,29)30/h5-8H2,1-4H3. The minimum absolute atomic E-state index is 0.199. The van der Waals surface area contributed by atoms with Crippen molar-refractivity contribution in [2.24, 2.45) is 0 Å². The Labute approximate surface area is 174 Å². The molecule has 0 aromatic carbocycles. The predicted octanol–water partition coefficient (Wildman–Crippen LogP) is 7.30. The van der Waals surface area contributed by atoms with E-state index in [1.165, 1.54) is 31.5 Å².